The second-order valence-corrected chi connectivity index (χ2v) is 6.28. The molecule has 0 aliphatic rings. The number of phenolic OH excluding ortho intramolecular Hbond substituents is 1. The van der Waals surface area contributed by atoms with Crippen LogP contribution in [0.4, 0.5) is 0 Å². The summed E-state index contributed by atoms with van der Waals surface area (Å²) in [5.74, 6) is 1.67. The normalized spacial score (nSPS) is 10.0. The molecular weight excluding hydrogens is 368 g/mol. The van der Waals surface area contributed by atoms with Crippen LogP contribution in [0, 0.1) is 6.92 Å². The Balaban J connectivity index is 0.000000313. The number of phenols is 1. The third-order valence-electron chi connectivity index (χ3n) is 4.04. The molecule has 1 aromatic carbocycles. The number of aromatic hydroxyl groups is 1. The fourth-order valence-electron chi connectivity index (χ4n) is 2.31. The zero-order chi connectivity index (χ0) is 20.9. The lowest BCUT2D eigenvalue weighted by atomic mass is 10.2. The van der Waals surface area contributed by atoms with Crippen LogP contribution in [0.25, 0.3) is 0 Å². The molecule has 0 unspecified atom stereocenters. The van der Waals surface area contributed by atoms with Gasteiger partial charge in [-0.05, 0) is 60.9 Å². The Morgan fingerprint density at radius 1 is 0.966 bits per heavy atom. The van der Waals surface area contributed by atoms with E-state index in [2.05, 4.69) is 23.0 Å². The number of nitrogens with zero attached hydrogens (tertiary/aromatic N) is 2. The molecule has 6 heteroatoms. The number of pyridine rings is 2. The molecule has 154 valence electrons. The molecule has 0 bridgehead atoms. The van der Waals surface area contributed by atoms with Gasteiger partial charge >= 0.3 is 0 Å². The first-order chi connectivity index (χ1) is 14.1. The smallest absolute Gasteiger partial charge is 0.137 e. The van der Waals surface area contributed by atoms with Crippen LogP contribution >= 0.6 is 0 Å². The Morgan fingerprint density at radius 3 is 2.38 bits per heavy atom. The number of hydrogen-bond acceptors (Lipinski definition) is 6. The fraction of sp³-hybridized carbons (Fsp3) is 0.304. The fourth-order valence-corrected chi connectivity index (χ4v) is 2.31. The van der Waals surface area contributed by atoms with Crippen LogP contribution < -0.4 is 9.47 Å². The molecule has 0 spiro atoms. The molecule has 3 aromatic rings. The number of methoxy groups -OCH3 is 1. The average molecular weight is 396 g/mol. The number of ether oxygens (including phenoxy) is 3. The summed E-state index contributed by atoms with van der Waals surface area (Å²) in [7, 11) is 1.63. The molecule has 3 rings (SSSR count). The molecule has 1 N–H and O–H groups in total. The van der Waals surface area contributed by atoms with Gasteiger partial charge in [0.1, 0.15) is 30.5 Å². The zero-order valence-corrected chi connectivity index (χ0v) is 17.2. The molecule has 0 aliphatic heterocycles. The van der Waals surface area contributed by atoms with Gasteiger partial charge in [0.25, 0.3) is 0 Å². The molecule has 0 saturated heterocycles. The summed E-state index contributed by atoms with van der Waals surface area (Å²) < 4.78 is 16.0. The number of aryl methyl sites for hydroxylation is 2. The van der Waals surface area contributed by atoms with Crippen molar-refractivity contribution in [3.63, 3.8) is 0 Å². The van der Waals surface area contributed by atoms with Crippen molar-refractivity contribution >= 4 is 0 Å². The lowest BCUT2D eigenvalue weighted by Gasteiger charge is -2.08. The monoisotopic (exact) mass is 396 g/mol. The van der Waals surface area contributed by atoms with Gasteiger partial charge in [0.2, 0.25) is 0 Å². The predicted octanol–water partition coefficient (Wildman–Crippen LogP) is 4.34. The minimum Gasteiger partial charge on any atom is -0.508 e. The number of rotatable bonds is 8. The Morgan fingerprint density at radius 2 is 1.79 bits per heavy atom. The molecule has 0 radical (unpaired) electrons. The van der Waals surface area contributed by atoms with Crippen LogP contribution in [0.3, 0.4) is 0 Å². The second-order valence-electron chi connectivity index (χ2n) is 6.28. The van der Waals surface area contributed by atoms with Gasteiger partial charge in [-0.15, -0.1) is 0 Å². The molecule has 2 aromatic heterocycles. The van der Waals surface area contributed by atoms with Gasteiger partial charge in [0.15, 0.2) is 0 Å². The minimum atomic E-state index is 0.262. The van der Waals surface area contributed by atoms with E-state index in [0.29, 0.717) is 31.3 Å². The van der Waals surface area contributed by atoms with E-state index in [0.717, 1.165) is 17.7 Å². The van der Waals surface area contributed by atoms with Crippen LogP contribution in [-0.4, -0.2) is 35.4 Å². The molecule has 0 atom stereocenters. The van der Waals surface area contributed by atoms with E-state index in [1.807, 2.05) is 31.3 Å². The number of benzene rings is 1. The van der Waals surface area contributed by atoms with Gasteiger partial charge in [0, 0.05) is 19.5 Å². The lowest BCUT2D eigenvalue weighted by Crippen LogP contribution is -2.05. The molecule has 0 saturated carbocycles. The summed E-state index contributed by atoms with van der Waals surface area (Å²) in [5.41, 5.74) is 2.88. The molecular formula is C23H28N2O4. The van der Waals surface area contributed by atoms with Crippen LogP contribution in [-0.2, 0) is 17.8 Å². The summed E-state index contributed by atoms with van der Waals surface area (Å²) in [5, 5.41) is 9.46. The average Bonchev–Trinajstić information content (AvgIpc) is 2.77. The third kappa shape index (κ3) is 8.19. The minimum absolute atomic E-state index is 0.262. The van der Waals surface area contributed by atoms with Crippen LogP contribution in [0.2, 0.25) is 0 Å². The Labute approximate surface area is 172 Å². The molecule has 0 fully saturated rings. The van der Waals surface area contributed by atoms with E-state index in [1.165, 1.54) is 5.56 Å². The van der Waals surface area contributed by atoms with E-state index in [1.54, 1.807) is 37.7 Å². The Bertz CT molecular complexity index is 839. The van der Waals surface area contributed by atoms with E-state index in [4.69, 9.17) is 14.2 Å². The summed E-state index contributed by atoms with van der Waals surface area (Å²) in [6.45, 7) is 5.36. The highest BCUT2D eigenvalue weighted by Gasteiger charge is 2.01. The van der Waals surface area contributed by atoms with Crippen molar-refractivity contribution in [2.24, 2.45) is 0 Å². The maximum atomic E-state index is 9.46. The number of aromatic nitrogens is 2. The van der Waals surface area contributed by atoms with E-state index >= 15 is 0 Å². The molecule has 6 nitrogen and oxygen atoms in total. The Hall–Kier alpha value is -3.12. The highest BCUT2D eigenvalue weighted by atomic mass is 16.5. The lowest BCUT2D eigenvalue weighted by molar-refractivity contribution is 0.146. The van der Waals surface area contributed by atoms with Crippen LogP contribution in [0.15, 0.2) is 61.1 Å². The van der Waals surface area contributed by atoms with Crippen molar-refractivity contribution in [2.75, 3.05) is 20.3 Å². The first kappa shape index (κ1) is 22.2. The van der Waals surface area contributed by atoms with Gasteiger partial charge in [-0.25, -0.2) is 0 Å². The number of hydrogen-bond donors (Lipinski definition) is 1. The van der Waals surface area contributed by atoms with E-state index in [9.17, 15) is 5.11 Å². The van der Waals surface area contributed by atoms with Gasteiger partial charge in [0.05, 0.1) is 18.5 Å². The summed E-state index contributed by atoms with van der Waals surface area (Å²) in [6.07, 6.45) is 6.42. The summed E-state index contributed by atoms with van der Waals surface area (Å²) in [6, 6.07) is 12.9. The SMILES string of the molecule is CCc1cccnc1.COCCOc1ccc(COc2ccc(O)c(C)c2)nc1. The first-order valence-electron chi connectivity index (χ1n) is 9.50. The molecule has 2 heterocycles. The predicted molar refractivity (Wildman–Crippen MR) is 112 cm³/mol. The topological polar surface area (TPSA) is 73.7 Å². The molecule has 0 amide bonds. The van der Waals surface area contributed by atoms with E-state index in [-0.39, 0.29) is 5.75 Å². The van der Waals surface area contributed by atoms with Crippen molar-refractivity contribution in [3.05, 3.63) is 77.9 Å². The van der Waals surface area contributed by atoms with Crippen molar-refractivity contribution in [1.82, 2.24) is 9.97 Å². The maximum Gasteiger partial charge on any atom is 0.137 e. The maximum absolute atomic E-state index is 9.46. The van der Waals surface area contributed by atoms with Crippen molar-refractivity contribution in [3.8, 4) is 17.2 Å². The van der Waals surface area contributed by atoms with E-state index < -0.39 is 0 Å². The summed E-state index contributed by atoms with van der Waals surface area (Å²) in [4.78, 5) is 8.23. The quantitative estimate of drug-likeness (QED) is 0.571. The largest absolute Gasteiger partial charge is 0.508 e. The third-order valence-corrected chi connectivity index (χ3v) is 4.04. The summed E-state index contributed by atoms with van der Waals surface area (Å²) >= 11 is 0. The molecule has 0 aliphatic carbocycles. The van der Waals surface area contributed by atoms with Crippen molar-refractivity contribution in [2.45, 2.75) is 26.9 Å². The van der Waals surface area contributed by atoms with Gasteiger partial charge in [-0.1, -0.05) is 13.0 Å². The van der Waals surface area contributed by atoms with Gasteiger partial charge in [-0.2, -0.15) is 0 Å². The zero-order valence-electron chi connectivity index (χ0n) is 17.2. The highest BCUT2D eigenvalue weighted by Crippen LogP contribution is 2.22. The Kier molecular flexibility index (Phi) is 9.45. The van der Waals surface area contributed by atoms with Crippen molar-refractivity contribution in [1.29, 1.82) is 0 Å². The van der Waals surface area contributed by atoms with Crippen LogP contribution in [0.1, 0.15) is 23.7 Å². The first-order valence-corrected chi connectivity index (χ1v) is 9.50. The van der Waals surface area contributed by atoms with Crippen molar-refractivity contribution < 1.29 is 19.3 Å². The second kappa shape index (κ2) is 12.4. The molecule has 29 heavy (non-hydrogen) atoms. The van der Waals surface area contributed by atoms with Crippen LogP contribution in [0.5, 0.6) is 17.2 Å². The standard InChI is InChI=1S/C16H19NO4.C7H9N/c1-12-9-14(5-6-16(12)18)21-11-13-3-4-15(10-17-13)20-8-7-19-2;1-2-7-4-3-5-8-6-7/h3-6,9-10,18H,7-8,11H2,1-2H3;3-6H,2H2,1H3. The van der Waals surface area contributed by atoms with Gasteiger partial charge < -0.3 is 19.3 Å². The highest BCUT2D eigenvalue weighted by molar-refractivity contribution is 5.38. The van der Waals surface area contributed by atoms with Gasteiger partial charge in [-0.3, -0.25) is 9.97 Å².